The van der Waals surface area contributed by atoms with Crippen molar-refractivity contribution in [3.05, 3.63) is 35.4 Å². The van der Waals surface area contributed by atoms with Crippen LogP contribution >= 0.6 is 0 Å². The maximum absolute atomic E-state index is 13.7. The predicted octanol–water partition coefficient (Wildman–Crippen LogP) is 3.79. The summed E-state index contributed by atoms with van der Waals surface area (Å²) in [7, 11) is 0. The van der Waals surface area contributed by atoms with E-state index in [1.807, 2.05) is 0 Å². The van der Waals surface area contributed by atoms with Gasteiger partial charge in [-0.2, -0.15) is 0 Å². The van der Waals surface area contributed by atoms with Crippen LogP contribution in [0.3, 0.4) is 0 Å². The van der Waals surface area contributed by atoms with Crippen molar-refractivity contribution in [1.29, 1.82) is 0 Å². The van der Waals surface area contributed by atoms with E-state index in [9.17, 15) is 18.7 Å². The number of halogens is 2. The minimum Gasteiger partial charge on any atom is -0.481 e. The molecule has 1 aromatic rings. The molecule has 1 aliphatic carbocycles. The summed E-state index contributed by atoms with van der Waals surface area (Å²) in [4.78, 5) is 11.3. The Morgan fingerprint density at radius 1 is 1.21 bits per heavy atom. The molecule has 0 aromatic heterocycles. The fraction of sp³-hybridized carbons (Fsp3) is 0.533. The molecular weight excluding hydrogens is 250 g/mol. The van der Waals surface area contributed by atoms with Gasteiger partial charge in [0, 0.05) is 0 Å². The van der Waals surface area contributed by atoms with Gasteiger partial charge in [-0.25, -0.2) is 8.78 Å². The summed E-state index contributed by atoms with van der Waals surface area (Å²) >= 11 is 0. The molecule has 2 unspecified atom stereocenters. The van der Waals surface area contributed by atoms with Gasteiger partial charge < -0.3 is 5.11 Å². The zero-order valence-corrected chi connectivity index (χ0v) is 10.7. The molecular formula is C15H18F2O2. The first-order valence-electron chi connectivity index (χ1n) is 6.75. The molecule has 1 fully saturated rings. The zero-order valence-electron chi connectivity index (χ0n) is 10.7. The van der Waals surface area contributed by atoms with Crippen molar-refractivity contribution in [3.63, 3.8) is 0 Å². The van der Waals surface area contributed by atoms with Crippen LogP contribution in [0.4, 0.5) is 8.78 Å². The second kappa shape index (κ2) is 6.13. The van der Waals surface area contributed by atoms with Gasteiger partial charge in [-0.15, -0.1) is 0 Å². The lowest BCUT2D eigenvalue weighted by molar-refractivity contribution is -0.143. The maximum Gasteiger partial charge on any atom is 0.306 e. The Bertz CT molecular complexity index is 459. The van der Waals surface area contributed by atoms with Gasteiger partial charge in [0.25, 0.3) is 0 Å². The molecule has 2 nitrogen and oxygen atoms in total. The van der Waals surface area contributed by atoms with Crippen LogP contribution in [-0.4, -0.2) is 11.1 Å². The summed E-state index contributed by atoms with van der Waals surface area (Å²) < 4.78 is 26.8. The Hall–Kier alpha value is -1.45. The van der Waals surface area contributed by atoms with Crippen LogP contribution in [0.1, 0.15) is 37.7 Å². The second-order valence-electron chi connectivity index (χ2n) is 5.26. The molecule has 1 saturated carbocycles. The van der Waals surface area contributed by atoms with Gasteiger partial charge in [-0.05, 0) is 36.8 Å². The minimum absolute atomic E-state index is 0.101. The SMILES string of the molecule is O=C(O)C1CCCCCC1Cc1cccc(F)c1F. The van der Waals surface area contributed by atoms with Crippen LogP contribution in [0.2, 0.25) is 0 Å². The molecule has 0 saturated heterocycles. The van der Waals surface area contributed by atoms with Crippen LogP contribution in [0, 0.1) is 23.5 Å². The van der Waals surface area contributed by atoms with Crippen LogP contribution in [0.15, 0.2) is 18.2 Å². The lowest BCUT2D eigenvalue weighted by atomic mass is 9.83. The summed E-state index contributed by atoms with van der Waals surface area (Å²) in [6.07, 6.45) is 4.60. The maximum atomic E-state index is 13.7. The average Bonchev–Trinajstić information content (AvgIpc) is 2.60. The Kier molecular flexibility index (Phi) is 4.51. The molecule has 2 atom stereocenters. The Balaban J connectivity index is 2.18. The van der Waals surface area contributed by atoms with Crippen LogP contribution in [-0.2, 0) is 11.2 Å². The molecule has 0 aliphatic heterocycles. The number of hydrogen-bond acceptors (Lipinski definition) is 1. The molecule has 1 aliphatic rings. The number of rotatable bonds is 3. The third kappa shape index (κ3) is 3.31. The molecule has 1 aromatic carbocycles. The predicted molar refractivity (Wildman–Crippen MR) is 67.8 cm³/mol. The van der Waals surface area contributed by atoms with E-state index in [0.717, 1.165) is 31.7 Å². The molecule has 19 heavy (non-hydrogen) atoms. The van der Waals surface area contributed by atoms with Gasteiger partial charge in [0.2, 0.25) is 0 Å². The molecule has 2 rings (SSSR count). The molecule has 0 spiro atoms. The topological polar surface area (TPSA) is 37.3 Å². The number of carboxylic acids is 1. The molecule has 0 radical (unpaired) electrons. The lowest BCUT2D eigenvalue weighted by Crippen LogP contribution is -2.24. The molecule has 0 heterocycles. The third-order valence-corrected chi connectivity index (χ3v) is 3.99. The Morgan fingerprint density at radius 3 is 2.68 bits per heavy atom. The van der Waals surface area contributed by atoms with Gasteiger partial charge >= 0.3 is 5.97 Å². The third-order valence-electron chi connectivity index (χ3n) is 3.99. The molecule has 104 valence electrons. The van der Waals surface area contributed by atoms with E-state index in [4.69, 9.17) is 0 Å². The van der Waals surface area contributed by atoms with Crippen molar-refractivity contribution in [2.24, 2.45) is 11.8 Å². The monoisotopic (exact) mass is 268 g/mol. The summed E-state index contributed by atoms with van der Waals surface area (Å²) in [5.74, 6) is -3.06. The van der Waals surface area contributed by atoms with Crippen LogP contribution in [0.5, 0.6) is 0 Å². The van der Waals surface area contributed by atoms with Gasteiger partial charge in [-0.3, -0.25) is 4.79 Å². The first-order chi connectivity index (χ1) is 9.09. The van der Waals surface area contributed by atoms with Crippen molar-refractivity contribution in [2.45, 2.75) is 38.5 Å². The van der Waals surface area contributed by atoms with E-state index >= 15 is 0 Å². The number of hydrogen-bond donors (Lipinski definition) is 1. The van der Waals surface area contributed by atoms with Crippen LogP contribution < -0.4 is 0 Å². The quantitative estimate of drug-likeness (QED) is 0.847. The zero-order chi connectivity index (χ0) is 13.8. The fourth-order valence-electron chi connectivity index (χ4n) is 2.94. The Morgan fingerprint density at radius 2 is 1.95 bits per heavy atom. The van der Waals surface area contributed by atoms with E-state index in [1.165, 1.54) is 6.07 Å². The minimum atomic E-state index is -0.863. The highest BCUT2D eigenvalue weighted by molar-refractivity contribution is 5.70. The van der Waals surface area contributed by atoms with Crippen LogP contribution in [0.25, 0.3) is 0 Å². The van der Waals surface area contributed by atoms with Crippen molar-refractivity contribution in [2.75, 3.05) is 0 Å². The molecule has 0 amide bonds. The number of benzene rings is 1. The van der Waals surface area contributed by atoms with Gasteiger partial charge in [0.15, 0.2) is 11.6 Å². The standard InChI is InChI=1S/C15H18F2O2/c16-13-8-4-6-11(14(13)17)9-10-5-2-1-3-7-12(10)15(18)19/h4,6,8,10,12H,1-3,5,7,9H2,(H,18,19). The largest absolute Gasteiger partial charge is 0.481 e. The Labute approximate surface area is 111 Å². The van der Waals surface area contributed by atoms with Gasteiger partial charge in [-0.1, -0.05) is 31.4 Å². The van der Waals surface area contributed by atoms with Gasteiger partial charge in [0.05, 0.1) is 5.92 Å². The van der Waals surface area contributed by atoms with E-state index < -0.39 is 23.5 Å². The fourth-order valence-corrected chi connectivity index (χ4v) is 2.94. The van der Waals surface area contributed by atoms with E-state index in [-0.39, 0.29) is 11.5 Å². The van der Waals surface area contributed by atoms with Crippen molar-refractivity contribution < 1.29 is 18.7 Å². The van der Waals surface area contributed by atoms with Gasteiger partial charge in [0.1, 0.15) is 0 Å². The van der Waals surface area contributed by atoms with Crippen molar-refractivity contribution >= 4 is 5.97 Å². The second-order valence-corrected chi connectivity index (χ2v) is 5.26. The molecule has 4 heteroatoms. The highest BCUT2D eigenvalue weighted by atomic mass is 19.2. The lowest BCUT2D eigenvalue weighted by Gasteiger charge is -2.21. The highest BCUT2D eigenvalue weighted by Gasteiger charge is 2.30. The first-order valence-corrected chi connectivity index (χ1v) is 6.75. The summed E-state index contributed by atoms with van der Waals surface area (Å²) in [6, 6.07) is 4.10. The number of carbonyl (C=O) groups is 1. The number of carboxylic acid groups (broad SMARTS) is 1. The van der Waals surface area contributed by atoms with E-state index in [1.54, 1.807) is 6.07 Å². The molecule has 0 bridgehead atoms. The van der Waals surface area contributed by atoms with E-state index in [0.29, 0.717) is 12.8 Å². The summed E-state index contributed by atoms with van der Waals surface area (Å²) in [6.45, 7) is 0. The van der Waals surface area contributed by atoms with E-state index in [2.05, 4.69) is 0 Å². The number of aliphatic carboxylic acids is 1. The average molecular weight is 268 g/mol. The van der Waals surface area contributed by atoms with Crippen molar-refractivity contribution in [3.8, 4) is 0 Å². The smallest absolute Gasteiger partial charge is 0.306 e. The highest BCUT2D eigenvalue weighted by Crippen LogP contribution is 2.32. The van der Waals surface area contributed by atoms with Crippen molar-refractivity contribution in [1.82, 2.24) is 0 Å². The normalized spacial score (nSPS) is 23.9. The summed E-state index contributed by atoms with van der Waals surface area (Å²) in [5.41, 5.74) is 0.290. The first kappa shape index (κ1) is 14.0. The molecule has 1 N–H and O–H groups in total. The summed E-state index contributed by atoms with van der Waals surface area (Å²) in [5, 5.41) is 9.27.